The van der Waals surface area contributed by atoms with Crippen LogP contribution in [0.15, 0.2) is 16.9 Å². The second kappa shape index (κ2) is 6.02. The quantitative estimate of drug-likeness (QED) is 0.769. The molecule has 6 heteroatoms. The van der Waals surface area contributed by atoms with E-state index in [1.54, 1.807) is 11.0 Å². The lowest BCUT2D eigenvalue weighted by molar-refractivity contribution is 0.0151. The van der Waals surface area contributed by atoms with Crippen LogP contribution in [0.5, 0.6) is 0 Å². The molecule has 1 saturated heterocycles. The van der Waals surface area contributed by atoms with Gasteiger partial charge in [0.2, 0.25) is 0 Å². The van der Waals surface area contributed by atoms with Crippen LogP contribution in [-0.4, -0.2) is 47.6 Å². The van der Waals surface area contributed by atoms with E-state index in [2.05, 4.69) is 9.68 Å². The molecule has 1 aliphatic rings. The zero-order chi connectivity index (χ0) is 12.1. The first-order valence-corrected chi connectivity index (χ1v) is 6.22. The summed E-state index contributed by atoms with van der Waals surface area (Å²) in [5, 5.41) is 3.65. The van der Waals surface area contributed by atoms with Crippen LogP contribution in [0, 0.1) is 0 Å². The number of rotatable bonds is 4. The van der Waals surface area contributed by atoms with Gasteiger partial charge in [-0.2, -0.15) is 0 Å². The number of carbonyl (C=O) groups is 1. The minimum atomic E-state index is -0.0745. The summed E-state index contributed by atoms with van der Waals surface area (Å²) in [6.07, 6.45) is 3.32. The summed E-state index contributed by atoms with van der Waals surface area (Å²) < 4.78 is 10.2. The minimum Gasteiger partial charge on any atom is -0.377 e. The third-order valence-corrected chi connectivity index (χ3v) is 2.97. The Morgan fingerprint density at radius 3 is 2.94 bits per heavy atom. The van der Waals surface area contributed by atoms with Crippen molar-refractivity contribution in [1.29, 1.82) is 0 Å². The summed E-state index contributed by atoms with van der Waals surface area (Å²) in [5.74, 6) is 0.437. The highest BCUT2D eigenvalue weighted by atomic mass is 35.5. The molecule has 1 aromatic rings. The Bertz CT molecular complexity index is 348. The number of halogens is 1. The molecule has 0 aromatic carbocycles. The Morgan fingerprint density at radius 1 is 1.59 bits per heavy atom. The van der Waals surface area contributed by atoms with E-state index >= 15 is 0 Å². The van der Waals surface area contributed by atoms with Gasteiger partial charge in [-0.05, 0) is 12.8 Å². The van der Waals surface area contributed by atoms with Gasteiger partial charge in [0.1, 0.15) is 6.26 Å². The number of hydrogen-bond donors (Lipinski definition) is 0. The first-order chi connectivity index (χ1) is 8.31. The highest BCUT2D eigenvalue weighted by Crippen LogP contribution is 2.15. The van der Waals surface area contributed by atoms with Crippen molar-refractivity contribution in [2.75, 3.05) is 25.6 Å². The molecule has 1 fully saturated rings. The summed E-state index contributed by atoms with van der Waals surface area (Å²) in [5.41, 5.74) is 0.366. The molecule has 1 aromatic heterocycles. The Kier molecular flexibility index (Phi) is 4.39. The second-order valence-electron chi connectivity index (χ2n) is 3.94. The summed E-state index contributed by atoms with van der Waals surface area (Å²) >= 11 is 5.56. The first kappa shape index (κ1) is 12.4. The predicted octanol–water partition coefficient (Wildman–Crippen LogP) is 1.53. The molecule has 0 N–H and O–H groups in total. The SMILES string of the molecule is O=C(c1ccon1)N1CCC(OCCCl)CC1. The molecule has 5 nitrogen and oxygen atoms in total. The lowest BCUT2D eigenvalue weighted by Gasteiger charge is -2.31. The van der Waals surface area contributed by atoms with Crippen LogP contribution in [0.25, 0.3) is 0 Å². The van der Waals surface area contributed by atoms with E-state index in [0.717, 1.165) is 12.8 Å². The van der Waals surface area contributed by atoms with Crippen LogP contribution in [0.2, 0.25) is 0 Å². The van der Waals surface area contributed by atoms with Gasteiger partial charge in [0, 0.05) is 25.0 Å². The van der Waals surface area contributed by atoms with Gasteiger partial charge < -0.3 is 14.2 Å². The van der Waals surface area contributed by atoms with Crippen LogP contribution < -0.4 is 0 Å². The summed E-state index contributed by atoms with van der Waals surface area (Å²) in [7, 11) is 0. The lowest BCUT2D eigenvalue weighted by Crippen LogP contribution is -2.41. The maximum atomic E-state index is 11.9. The Morgan fingerprint density at radius 2 is 2.35 bits per heavy atom. The monoisotopic (exact) mass is 258 g/mol. The smallest absolute Gasteiger partial charge is 0.276 e. The minimum absolute atomic E-state index is 0.0745. The fourth-order valence-electron chi connectivity index (χ4n) is 1.92. The highest BCUT2D eigenvalue weighted by Gasteiger charge is 2.25. The number of hydrogen-bond acceptors (Lipinski definition) is 4. The van der Waals surface area contributed by atoms with Crippen LogP contribution in [0.3, 0.4) is 0 Å². The van der Waals surface area contributed by atoms with Crippen molar-refractivity contribution in [3.05, 3.63) is 18.0 Å². The number of piperidine rings is 1. The van der Waals surface area contributed by atoms with Gasteiger partial charge in [-0.15, -0.1) is 11.6 Å². The largest absolute Gasteiger partial charge is 0.377 e. The molecule has 17 heavy (non-hydrogen) atoms. The molecule has 1 amide bonds. The lowest BCUT2D eigenvalue weighted by atomic mass is 10.1. The Labute approximate surface area is 105 Å². The van der Waals surface area contributed by atoms with Crippen molar-refractivity contribution in [2.45, 2.75) is 18.9 Å². The average molecular weight is 259 g/mol. The second-order valence-corrected chi connectivity index (χ2v) is 4.31. The van der Waals surface area contributed by atoms with Crippen molar-refractivity contribution in [2.24, 2.45) is 0 Å². The van der Waals surface area contributed by atoms with Crippen LogP contribution in [0.4, 0.5) is 0 Å². The standard InChI is InChI=1S/C11H15ClN2O3/c12-4-8-16-9-1-5-14(6-2-9)11(15)10-3-7-17-13-10/h3,7,9H,1-2,4-6,8H2. The van der Waals surface area contributed by atoms with E-state index in [0.29, 0.717) is 31.3 Å². The van der Waals surface area contributed by atoms with Crippen LogP contribution in [0.1, 0.15) is 23.3 Å². The third-order valence-electron chi connectivity index (χ3n) is 2.82. The molecule has 94 valence electrons. The summed E-state index contributed by atoms with van der Waals surface area (Å²) in [6, 6.07) is 1.58. The molecular formula is C11H15ClN2O3. The maximum absolute atomic E-state index is 11.9. The van der Waals surface area contributed by atoms with E-state index < -0.39 is 0 Å². The van der Waals surface area contributed by atoms with Gasteiger partial charge in [0.15, 0.2) is 5.69 Å². The summed E-state index contributed by atoms with van der Waals surface area (Å²) in [6.45, 7) is 1.96. The molecule has 0 radical (unpaired) electrons. The maximum Gasteiger partial charge on any atom is 0.276 e. The predicted molar refractivity (Wildman–Crippen MR) is 62.1 cm³/mol. The van der Waals surface area contributed by atoms with Gasteiger partial charge in [-0.25, -0.2) is 0 Å². The molecule has 0 bridgehead atoms. The van der Waals surface area contributed by atoms with Gasteiger partial charge in [-0.3, -0.25) is 4.79 Å². The van der Waals surface area contributed by atoms with E-state index in [1.165, 1.54) is 6.26 Å². The number of carbonyl (C=O) groups excluding carboxylic acids is 1. The molecule has 0 unspecified atom stereocenters. The van der Waals surface area contributed by atoms with Crippen molar-refractivity contribution in [3.8, 4) is 0 Å². The van der Waals surface area contributed by atoms with E-state index in [-0.39, 0.29) is 12.0 Å². The fourth-order valence-corrected chi connectivity index (χ4v) is 2.01. The highest BCUT2D eigenvalue weighted by molar-refractivity contribution is 6.17. The van der Waals surface area contributed by atoms with Gasteiger partial charge in [0.25, 0.3) is 5.91 Å². The normalized spacial score (nSPS) is 17.4. The molecule has 0 spiro atoms. The number of nitrogens with zero attached hydrogens (tertiary/aromatic N) is 2. The number of ether oxygens (including phenoxy) is 1. The van der Waals surface area contributed by atoms with Gasteiger partial charge in [-0.1, -0.05) is 5.16 Å². The van der Waals surface area contributed by atoms with Crippen LogP contribution in [-0.2, 0) is 4.74 Å². The van der Waals surface area contributed by atoms with Crippen LogP contribution >= 0.6 is 11.6 Å². The number of alkyl halides is 1. The molecule has 1 aliphatic heterocycles. The van der Waals surface area contributed by atoms with Gasteiger partial charge >= 0.3 is 0 Å². The van der Waals surface area contributed by atoms with Crippen molar-refractivity contribution < 1.29 is 14.1 Å². The molecular weight excluding hydrogens is 244 g/mol. The Balaban J connectivity index is 1.81. The summed E-state index contributed by atoms with van der Waals surface area (Å²) in [4.78, 5) is 13.7. The molecule has 2 rings (SSSR count). The van der Waals surface area contributed by atoms with E-state index in [9.17, 15) is 4.79 Å². The van der Waals surface area contributed by atoms with Crippen molar-refractivity contribution in [1.82, 2.24) is 10.1 Å². The zero-order valence-corrected chi connectivity index (χ0v) is 10.2. The zero-order valence-electron chi connectivity index (χ0n) is 9.47. The molecule has 0 saturated carbocycles. The van der Waals surface area contributed by atoms with Crippen molar-refractivity contribution >= 4 is 17.5 Å². The topological polar surface area (TPSA) is 55.6 Å². The average Bonchev–Trinajstić information content (AvgIpc) is 2.90. The number of likely N-dealkylation sites (tertiary alicyclic amines) is 1. The number of aromatic nitrogens is 1. The van der Waals surface area contributed by atoms with E-state index in [1.807, 2.05) is 0 Å². The van der Waals surface area contributed by atoms with Crippen molar-refractivity contribution in [3.63, 3.8) is 0 Å². The van der Waals surface area contributed by atoms with E-state index in [4.69, 9.17) is 16.3 Å². The fraction of sp³-hybridized carbons (Fsp3) is 0.636. The number of amides is 1. The molecule has 2 heterocycles. The third kappa shape index (κ3) is 3.20. The van der Waals surface area contributed by atoms with Gasteiger partial charge in [0.05, 0.1) is 12.7 Å². The Hall–Kier alpha value is -1.07. The molecule has 0 atom stereocenters. The first-order valence-electron chi connectivity index (χ1n) is 5.68. The molecule has 0 aliphatic carbocycles.